The van der Waals surface area contributed by atoms with Gasteiger partial charge in [-0.2, -0.15) is 5.10 Å². The Labute approximate surface area is 136 Å². The summed E-state index contributed by atoms with van der Waals surface area (Å²) in [5.41, 5.74) is 0.714. The van der Waals surface area contributed by atoms with E-state index in [4.69, 9.17) is 0 Å². The van der Waals surface area contributed by atoms with Crippen LogP contribution in [0, 0.1) is 5.92 Å². The highest BCUT2D eigenvalue weighted by Crippen LogP contribution is 2.17. The van der Waals surface area contributed by atoms with Crippen LogP contribution in [0.3, 0.4) is 0 Å². The monoisotopic (exact) mass is 357 g/mol. The Morgan fingerprint density at radius 2 is 1.86 bits per heavy atom. The summed E-state index contributed by atoms with van der Waals surface area (Å²) in [7, 11) is 0. The van der Waals surface area contributed by atoms with Crippen molar-refractivity contribution >= 4 is 21.6 Å². The number of nitrogens with one attached hydrogen (secondary N) is 1. The highest BCUT2D eigenvalue weighted by Gasteiger charge is 2.10. The molecule has 0 saturated carbocycles. The molecule has 0 aliphatic rings. The van der Waals surface area contributed by atoms with Crippen LogP contribution in [-0.4, -0.2) is 16.3 Å². The number of hydrogen-bond donors (Lipinski definition) is 1. The summed E-state index contributed by atoms with van der Waals surface area (Å²) >= 11 is 3.37. The van der Waals surface area contributed by atoms with E-state index in [1.54, 1.807) is 6.20 Å². The van der Waals surface area contributed by atoms with Crippen LogP contribution >= 0.6 is 15.9 Å². The fourth-order valence-corrected chi connectivity index (χ4v) is 2.61. The largest absolute Gasteiger partial charge is 0.383 e. The van der Waals surface area contributed by atoms with Crippen LogP contribution in [0.5, 0.6) is 0 Å². The first-order valence-corrected chi connectivity index (χ1v) is 8.74. The minimum absolute atomic E-state index is 0.0730. The summed E-state index contributed by atoms with van der Waals surface area (Å²) in [4.78, 5) is 12.1. The topological polar surface area (TPSA) is 46.9 Å². The van der Waals surface area contributed by atoms with Crippen molar-refractivity contribution < 1.29 is 0 Å². The molecule has 1 aromatic heterocycles. The Kier molecular flexibility index (Phi) is 8.01. The van der Waals surface area contributed by atoms with Crippen LogP contribution in [0.2, 0.25) is 0 Å². The zero-order valence-corrected chi connectivity index (χ0v) is 15.2. The second-order valence-electron chi connectivity index (χ2n) is 6.24. The number of rotatable bonds is 9. The van der Waals surface area contributed by atoms with Crippen molar-refractivity contribution in [3.8, 4) is 0 Å². The summed E-state index contributed by atoms with van der Waals surface area (Å²) in [6.07, 6.45) is 7.99. The van der Waals surface area contributed by atoms with Gasteiger partial charge in [0.25, 0.3) is 5.56 Å². The lowest BCUT2D eigenvalue weighted by atomic mass is 10.0. The first-order valence-electron chi connectivity index (χ1n) is 7.94. The van der Waals surface area contributed by atoms with Gasteiger partial charge < -0.3 is 5.32 Å². The molecule has 0 fully saturated rings. The lowest BCUT2D eigenvalue weighted by Gasteiger charge is -2.12. The molecule has 0 saturated heterocycles. The van der Waals surface area contributed by atoms with Crippen LogP contribution in [0.15, 0.2) is 15.5 Å². The van der Waals surface area contributed by atoms with Gasteiger partial charge in [-0.05, 0) is 42.1 Å². The van der Waals surface area contributed by atoms with Gasteiger partial charge in [-0.1, -0.05) is 39.5 Å². The summed E-state index contributed by atoms with van der Waals surface area (Å²) in [6.45, 7) is 9.32. The van der Waals surface area contributed by atoms with E-state index < -0.39 is 0 Å². The van der Waals surface area contributed by atoms with Crippen LogP contribution in [0.4, 0.5) is 5.69 Å². The Bertz CT molecular complexity index is 483. The van der Waals surface area contributed by atoms with Crippen molar-refractivity contribution in [2.75, 3.05) is 11.9 Å². The van der Waals surface area contributed by atoms with E-state index in [0.29, 0.717) is 4.47 Å². The van der Waals surface area contributed by atoms with E-state index in [1.165, 1.54) is 30.4 Å². The normalized spacial score (nSPS) is 11.4. The zero-order valence-electron chi connectivity index (χ0n) is 13.7. The molecule has 4 nitrogen and oxygen atoms in total. The average molecular weight is 358 g/mol. The molecule has 1 rings (SSSR count). The van der Waals surface area contributed by atoms with Gasteiger partial charge in [-0.3, -0.25) is 4.79 Å². The molecule has 0 aromatic carbocycles. The van der Waals surface area contributed by atoms with E-state index in [2.05, 4.69) is 40.2 Å². The molecular formula is C16H28BrN3O. The van der Waals surface area contributed by atoms with E-state index in [0.717, 1.165) is 24.6 Å². The molecule has 0 bridgehead atoms. The van der Waals surface area contributed by atoms with Gasteiger partial charge in [0.2, 0.25) is 0 Å². The number of hydrogen-bond acceptors (Lipinski definition) is 3. The summed E-state index contributed by atoms with van der Waals surface area (Å²) in [6, 6.07) is 0.0730. The molecule has 5 heteroatoms. The number of aromatic nitrogens is 2. The van der Waals surface area contributed by atoms with Crippen molar-refractivity contribution in [1.29, 1.82) is 0 Å². The summed E-state index contributed by atoms with van der Waals surface area (Å²) in [5.74, 6) is 0.803. The average Bonchev–Trinajstić information content (AvgIpc) is 2.41. The van der Waals surface area contributed by atoms with E-state index in [-0.39, 0.29) is 11.6 Å². The number of nitrogens with zero attached hydrogens (tertiary/aromatic N) is 2. The van der Waals surface area contributed by atoms with Gasteiger partial charge in [0.05, 0.1) is 17.9 Å². The van der Waals surface area contributed by atoms with Crippen LogP contribution in [0.1, 0.15) is 65.8 Å². The van der Waals surface area contributed by atoms with Gasteiger partial charge in [-0.15, -0.1) is 0 Å². The molecule has 0 atom stereocenters. The highest BCUT2D eigenvalue weighted by molar-refractivity contribution is 9.10. The number of unbranched alkanes of at least 4 members (excludes halogenated alkanes) is 3. The molecular weight excluding hydrogens is 330 g/mol. The first kappa shape index (κ1) is 18.2. The molecule has 0 aliphatic heterocycles. The van der Waals surface area contributed by atoms with Gasteiger partial charge in [0, 0.05) is 6.54 Å². The SMILES string of the molecule is CC(C)CCCCCCNc1cnn(C(C)C)c(=O)c1Br. The van der Waals surface area contributed by atoms with E-state index >= 15 is 0 Å². The smallest absolute Gasteiger partial charge is 0.283 e. The van der Waals surface area contributed by atoms with Crippen LogP contribution in [-0.2, 0) is 0 Å². The van der Waals surface area contributed by atoms with Gasteiger partial charge in [0.1, 0.15) is 4.47 Å². The number of halogens is 1. The van der Waals surface area contributed by atoms with Crippen molar-refractivity contribution in [3.63, 3.8) is 0 Å². The lowest BCUT2D eigenvalue weighted by molar-refractivity contribution is 0.501. The van der Waals surface area contributed by atoms with Crippen molar-refractivity contribution in [1.82, 2.24) is 9.78 Å². The third-order valence-corrected chi connectivity index (χ3v) is 4.22. The lowest BCUT2D eigenvalue weighted by Crippen LogP contribution is -2.26. The maximum Gasteiger partial charge on any atom is 0.283 e. The van der Waals surface area contributed by atoms with Gasteiger partial charge in [-0.25, -0.2) is 4.68 Å². The molecule has 1 heterocycles. The van der Waals surface area contributed by atoms with Crippen molar-refractivity contribution in [3.05, 3.63) is 21.0 Å². The second-order valence-corrected chi connectivity index (χ2v) is 7.03. The van der Waals surface area contributed by atoms with Crippen LogP contribution in [0.25, 0.3) is 0 Å². The third kappa shape index (κ3) is 6.20. The summed E-state index contributed by atoms with van der Waals surface area (Å²) in [5, 5.41) is 7.49. The molecule has 0 aliphatic carbocycles. The quantitative estimate of drug-likeness (QED) is 0.656. The van der Waals surface area contributed by atoms with E-state index in [1.807, 2.05) is 13.8 Å². The molecule has 120 valence electrons. The van der Waals surface area contributed by atoms with E-state index in [9.17, 15) is 4.79 Å². The fraction of sp³-hybridized carbons (Fsp3) is 0.750. The Morgan fingerprint density at radius 1 is 1.19 bits per heavy atom. The van der Waals surface area contributed by atoms with Crippen molar-refractivity contribution in [2.24, 2.45) is 5.92 Å². The Morgan fingerprint density at radius 3 is 2.48 bits per heavy atom. The standard InChI is InChI=1S/C16H28BrN3O/c1-12(2)9-7-5-6-8-10-18-14-11-19-20(13(3)4)16(21)15(14)17/h11-13,18H,5-10H2,1-4H3. The van der Waals surface area contributed by atoms with Gasteiger partial charge >= 0.3 is 0 Å². The highest BCUT2D eigenvalue weighted by atomic mass is 79.9. The minimum Gasteiger partial charge on any atom is -0.383 e. The fourth-order valence-electron chi connectivity index (χ4n) is 2.19. The molecule has 21 heavy (non-hydrogen) atoms. The Hall–Kier alpha value is -0.840. The maximum absolute atomic E-state index is 12.1. The molecule has 0 amide bonds. The summed E-state index contributed by atoms with van der Waals surface area (Å²) < 4.78 is 2.06. The molecule has 1 N–H and O–H groups in total. The second kappa shape index (κ2) is 9.23. The zero-order chi connectivity index (χ0) is 15.8. The molecule has 0 unspecified atom stereocenters. The molecule has 1 aromatic rings. The van der Waals surface area contributed by atoms with Crippen LogP contribution < -0.4 is 10.9 Å². The predicted octanol–water partition coefficient (Wildman–Crippen LogP) is 4.61. The Balaban J connectivity index is 2.36. The maximum atomic E-state index is 12.1. The molecule has 0 radical (unpaired) electrons. The predicted molar refractivity (Wildman–Crippen MR) is 93.0 cm³/mol. The minimum atomic E-state index is -0.0769. The third-order valence-electron chi connectivity index (χ3n) is 3.46. The van der Waals surface area contributed by atoms with Gasteiger partial charge in [0.15, 0.2) is 0 Å². The van der Waals surface area contributed by atoms with Crippen molar-refractivity contribution in [2.45, 2.75) is 65.8 Å². The molecule has 0 spiro atoms. The first-order chi connectivity index (χ1) is 9.93. The number of anilines is 1.